The zero-order valence-corrected chi connectivity index (χ0v) is 18.2. The van der Waals surface area contributed by atoms with E-state index in [4.69, 9.17) is 23.2 Å². The van der Waals surface area contributed by atoms with Gasteiger partial charge in [-0.1, -0.05) is 47.5 Å². The lowest BCUT2D eigenvalue weighted by Gasteiger charge is -2.21. The van der Waals surface area contributed by atoms with Crippen LogP contribution in [0.3, 0.4) is 0 Å². The molecule has 0 aliphatic carbocycles. The molecule has 0 saturated carbocycles. The minimum absolute atomic E-state index is 0.0605. The van der Waals surface area contributed by atoms with E-state index in [0.29, 0.717) is 16.2 Å². The Kier molecular flexibility index (Phi) is 4.58. The number of aromatic carboxylic acids is 4. The maximum absolute atomic E-state index is 12.4. The second-order valence-corrected chi connectivity index (χ2v) is 8.39. The predicted molar refractivity (Wildman–Crippen MR) is 126 cm³/mol. The van der Waals surface area contributed by atoms with E-state index < -0.39 is 51.5 Å². The number of carbonyl (C=O) groups is 4. The highest BCUT2D eigenvalue weighted by Crippen LogP contribution is 2.48. The van der Waals surface area contributed by atoms with Crippen LogP contribution < -0.4 is 0 Å². The van der Waals surface area contributed by atoms with Crippen LogP contribution >= 0.6 is 23.2 Å². The highest BCUT2D eigenvalue weighted by molar-refractivity contribution is 6.48. The molecule has 0 aliphatic rings. The molecule has 0 heterocycles. The number of fused-ring (bicyclic) bond motifs is 2. The van der Waals surface area contributed by atoms with Crippen LogP contribution in [0.25, 0.3) is 43.1 Å². The van der Waals surface area contributed by atoms with Gasteiger partial charge in [-0.25, -0.2) is 19.2 Å². The summed E-state index contributed by atoms with van der Waals surface area (Å²) in [6, 6.07) is 9.66. The summed E-state index contributed by atoms with van der Waals surface area (Å²) in [5.74, 6) is -6.98. The SMILES string of the molecule is O=C(O)c1c(C(=O)O)c2c(C(=O)O)c(Cl)cc3c4cccc5ccc(Cl)c(c(c1C(=O)O)c23)c54. The quantitative estimate of drug-likeness (QED) is 0.179. The molecule has 0 aromatic heterocycles. The van der Waals surface area contributed by atoms with Gasteiger partial charge in [0.05, 0.1) is 27.3 Å². The Bertz CT molecular complexity index is 1790. The van der Waals surface area contributed by atoms with Crippen LogP contribution in [0.5, 0.6) is 0 Å². The highest BCUT2D eigenvalue weighted by atomic mass is 35.5. The number of carboxylic acid groups (broad SMARTS) is 4. The van der Waals surface area contributed by atoms with Crippen molar-refractivity contribution in [1.29, 1.82) is 0 Å². The molecule has 0 amide bonds. The van der Waals surface area contributed by atoms with Crippen molar-refractivity contribution in [2.24, 2.45) is 0 Å². The maximum Gasteiger partial charge on any atom is 0.337 e. The molecule has 0 spiro atoms. The molecule has 4 N–H and O–H groups in total. The zero-order valence-electron chi connectivity index (χ0n) is 16.6. The summed E-state index contributed by atoms with van der Waals surface area (Å²) >= 11 is 12.8. The van der Waals surface area contributed by atoms with E-state index in [2.05, 4.69) is 0 Å². The van der Waals surface area contributed by atoms with E-state index in [1.165, 1.54) is 12.1 Å². The second-order valence-electron chi connectivity index (χ2n) is 7.58. The number of halogens is 2. The van der Waals surface area contributed by atoms with Gasteiger partial charge < -0.3 is 20.4 Å². The van der Waals surface area contributed by atoms with Gasteiger partial charge in [0.1, 0.15) is 0 Å². The lowest BCUT2D eigenvalue weighted by molar-refractivity contribution is 0.0635. The van der Waals surface area contributed by atoms with Crippen LogP contribution in [-0.2, 0) is 0 Å². The van der Waals surface area contributed by atoms with Crippen molar-refractivity contribution >= 4 is 90.2 Å². The van der Waals surface area contributed by atoms with Crippen molar-refractivity contribution in [1.82, 2.24) is 0 Å². The van der Waals surface area contributed by atoms with Crippen molar-refractivity contribution in [3.63, 3.8) is 0 Å². The summed E-state index contributed by atoms with van der Waals surface area (Å²) in [6.07, 6.45) is 0. The molecule has 0 radical (unpaired) electrons. The van der Waals surface area contributed by atoms with E-state index in [9.17, 15) is 39.6 Å². The largest absolute Gasteiger partial charge is 0.478 e. The topological polar surface area (TPSA) is 149 Å². The standard InChI is InChI=1S/C24H10Cl2O8/c25-10-5-4-7-2-1-3-8-9-6-11(26)15(21(27)28)17-13(9)16(14(10)12(7)8)18(22(29)30)20(24(33)34)19(17)23(31)32/h1-6H,(H,27,28)(H,29,30)(H,31,32)(H,33,34). The summed E-state index contributed by atoms with van der Waals surface area (Å²) in [5, 5.41) is 41.0. The van der Waals surface area contributed by atoms with Crippen molar-refractivity contribution in [2.45, 2.75) is 0 Å². The number of hydrogen-bond acceptors (Lipinski definition) is 4. The molecule has 34 heavy (non-hydrogen) atoms. The van der Waals surface area contributed by atoms with E-state index in [0.717, 1.165) is 0 Å². The molecule has 0 unspecified atom stereocenters. The van der Waals surface area contributed by atoms with Crippen molar-refractivity contribution in [3.8, 4) is 0 Å². The Hall–Kier alpha value is -4.14. The molecule has 168 valence electrons. The lowest BCUT2D eigenvalue weighted by atomic mass is 9.81. The summed E-state index contributed by atoms with van der Waals surface area (Å²) in [6.45, 7) is 0. The summed E-state index contributed by atoms with van der Waals surface area (Å²) in [4.78, 5) is 49.2. The fraction of sp³-hybridized carbons (Fsp3) is 0. The third-order valence-electron chi connectivity index (χ3n) is 5.92. The summed E-state index contributed by atoms with van der Waals surface area (Å²) in [7, 11) is 0. The molecule has 5 rings (SSSR count). The molecule has 0 aliphatic heterocycles. The van der Waals surface area contributed by atoms with E-state index in [-0.39, 0.29) is 31.6 Å². The van der Waals surface area contributed by atoms with Gasteiger partial charge in [-0.05, 0) is 33.7 Å². The molecule has 0 atom stereocenters. The van der Waals surface area contributed by atoms with Gasteiger partial charge in [0.2, 0.25) is 0 Å². The first-order chi connectivity index (χ1) is 16.1. The first-order valence-corrected chi connectivity index (χ1v) is 10.3. The molecule has 0 saturated heterocycles. The first kappa shape index (κ1) is 21.7. The number of benzene rings is 5. The Morgan fingerprint density at radius 2 is 1.12 bits per heavy atom. The Morgan fingerprint density at radius 1 is 0.529 bits per heavy atom. The molecule has 0 bridgehead atoms. The van der Waals surface area contributed by atoms with Gasteiger partial charge in [-0.3, -0.25) is 0 Å². The number of hydrogen-bond donors (Lipinski definition) is 4. The van der Waals surface area contributed by atoms with Crippen LogP contribution in [0, 0.1) is 0 Å². The van der Waals surface area contributed by atoms with Gasteiger partial charge >= 0.3 is 23.9 Å². The highest BCUT2D eigenvalue weighted by Gasteiger charge is 2.35. The molecule has 8 nitrogen and oxygen atoms in total. The van der Waals surface area contributed by atoms with Crippen molar-refractivity contribution in [3.05, 3.63) is 68.7 Å². The Morgan fingerprint density at radius 3 is 1.71 bits per heavy atom. The monoisotopic (exact) mass is 496 g/mol. The zero-order chi connectivity index (χ0) is 24.6. The number of carboxylic acids is 4. The third kappa shape index (κ3) is 2.66. The van der Waals surface area contributed by atoms with Gasteiger partial charge in [0, 0.05) is 26.6 Å². The third-order valence-corrected chi connectivity index (χ3v) is 6.53. The second kappa shape index (κ2) is 7.18. The maximum atomic E-state index is 12.4. The van der Waals surface area contributed by atoms with Gasteiger partial charge in [0.25, 0.3) is 0 Å². The molecular formula is C24H10Cl2O8. The van der Waals surface area contributed by atoms with Crippen LogP contribution in [0.1, 0.15) is 41.4 Å². The molecule has 5 aromatic carbocycles. The fourth-order valence-electron chi connectivity index (χ4n) is 4.80. The van der Waals surface area contributed by atoms with Crippen LogP contribution in [-0.4, -0.2) is 44.3 Å². The molecule has 0 fully saturated rings. The van der Waals surface area contributed by atoms with E-state index >= 15 is 0 Å². The minimum Gasteiger partial charge on any atom is -0.478 e. The minimum atomic E-state index is -1.85. The van der Waals surface area contributed by atoms with Crippen LogP contribution in [0.15, 0.2) is 36.4 Å². The van der Waals surface area contributed by atoms with Crippen LogP contribution in [0.2, 0.25) is 10.0 Å². The van der Waals surface area contributed by atoms with Gasteiger partial charge in [-0.2, -0.15) is 0 Å². The van der Waals surface area contributed by atoms with Gasteiger partial charge in [0.15, 0.2) is 0 Å². The van der Waals surface area contributed by atoms with E-state index in [1.807, 2.05) is 0 Å². The smallest absolute Gasteiger partial charge is 0.337 e. The number of rotatable bonds is 4. The predicted octanol–water partition coefficient (Wildman–Crippen LogP) is 5.84. The molecular weight excluding hydrogens is 487 g/mol. The lowest BCUT2D eigenvalue weighted by Crippen LogP contribution is -2.18. The van der Waals surface area contributed by atoms with Crippen molar-refractivity contribution < 1.29 is 39.6 Å². The Labute approximate surface area is 198 Å². The van der Waals surface area contributed by atoms with E-state index in [1.54, 1.807) is 24.3 Å². The average Bonchev–Trinajstić information content (AvgIpc) is 2.75. The first-order valence-electron chi connectivity index (χ1n) is 9.57. The van der Waals surface area contributed by atoms with Crippen molar-refractivity contribution in [2.75, 3.05) is 0 Å². The summed E-state index contributed by atoms with van der Waals surface area (Å²) < 4.78 is 0. The molecule has 5 aromatic rings. The Balaban J connectivity index is 2.39. The summed E-state index contributed by atoms with van der Waals surface area (Å²) in [5.41, 5.74) is -3.50. The van der Waals surface area contributed by atoms with Crippen LogP contribution in [0.4, 0.5) is 0 Å². The average molecular weight is 497 g/mol. The fourth-order valence-corrected chi connectivity index (χ4v) is 5.33. The van der Waals surface area contributed by atoms with Gasteiger partial charge in [-0.15, -0.1) is 0 Å². The molecule has 10 heteroatoms. The normalized spacial score (nSPS) is 11.6.